The van der Waals surface area contributed by atoms with E-state index in [0.717, 1.165) is 12.8 Å². The van der Waals surface area contributed by atoms with Gasteiger partial charge in [-0.25, -0.2) is 0 Å². The molecular formula is C10H16BrN3O. The summed E-state index contributed by atoms with van der Waals surface area (Å²) in [5.74, 6) is -0.0581. The van der Waals surface area contributed by atoms with Crippen molar-refractivity contribution in [2.45, 2.75) is 24.6 Å². The van der Waals surface area contributed by atoms with Crippen molar-refractivity contribution >= 4 is 21.8 Å². The fourth-order valence-corrected chi connectivity index (χ4v) is 1.60. The Morgan fingerprint density at radius 1 is 1.73 bits per heavy atom. The number of nitrogens with one attached hydrogen (secondary N) is 1. The molecule has 15 heavy (non-hydrogen) atoms. The zero-order chi connectivity index (χ0) is 11.3. The molecule has 1 aromatic heterocycles. The number of carbonyl (C=O) groups is 1. The van der Waals surface area contributed by atoms with Gasteiger partial charge in [-0.05, 0) is 18.9 Å². The highest BCUT2D eigenvalue weighted by atomic mass is 79.9. The van der Waals surface area contributed by atoms with Gasteiger partial charge in [0.05, 0.1) is 0 Å². The second kappa shape index (κ2) is 5.90. The van der Waals surface area contributed by atoms with Crippen LogP contribution in [0.2, 0.25) is 0 Å². The number of rotatable bonds is 5. The van der Waals surface area contributed by atoms with Gasteiger partial charge in [0.25, 0.3) is 5.91 Å². The molecule has 1 N–H and O–H groups in total. The highest BCUT2D eigenvalue weighted by Crippen LogP contribution is 2.05. The molecule has 0 aliphatic carbocycles. The summed E-state index contributed by atoms with van der Waals surface area (Å²) in [6.07, 6.45) is 3.66. The fraction of sp³-hybridized carbons (Fsp3) is 0.600. The molecule has 84 valence electrons. The summed E-state index contributed by atoms with van der Waals surface area (Å²) in [6.45, 7) is 2.81. The van der Waals surface area contributed by atoms with Gasteiger partial charge in [0.2, 0.25) is 0 Å². The fourth-order valence-electron chi connectivity index (χ4n) is 1.27. The smallest absolute Gasteiger partial charge is 0.269 e. The van der Waals surface area contributed by atoms with E-state index < -0.39 is 0 Å². The number of aryl methyl sites for hydroxylation is 1. The van der Waals surface area contributed by atoms with Crippen molar-refractivity contribution in [1.82, 2.24) is 15.1 Å². The normalized spacial score (nSPS) is 12.5. The average Bonchev–Trinajstić information content (AvgIpc) is 2.58. The molecule has 0 saturated carbocycles. The van der Waals surface area contributed by atoms with Crippen LogP contribution in [0.4, 0.5) is 0 Å². The minimum absolute atomic E-state index is 0.0581. The van der Waals surface area contributed by atoms with Crippen LogP contribution in [0.5, 0.6) is 0 Å². The van der Waals surface area contributed by atoms with Crippen LogP contribution < -0.4 is 5.32 Å². The lowest BCUT2D eigenvalue weighted by atomic mass is 10.2. The molecule has 1 atom stereocenters. The third-order valence-electron chi connectivity index (χ3n) is 2.12. The Hall–Kier alpha value is -0.840. The van der Waals surface area contributed by atoms with Gasteiger partial charge in [0, 0.05) is 24.6 Å². The number of nitrogens with zero attached hydrogens (tertiary/aromatic N) is 2. The zero-order valence-corrected chi connectivity index (χ0v) is 10.6. The van der Waals surface area contributed by atoms with E-state index in [9.17, 15) is 4.79 Å². The van der Waals surface area contributed by atoms with Crippen LogP contribution in [0.3, 0.4) is 0 Å². The number of hydrogen-bond acceptors (Lipinski definition) is 2. The molecule has 0 radical (unpaired) electrons. The molecule has 0 bridgehead atoms. The Morgan fingerprint density at radius 3 is 3.00 bits per heavy atom. The van der Waals surface area contributed by atoms with Crippen molar-refractivity contribution in [2.75, 3.05) is 6.54 Å². The van der Waals surface area contributed by atoms with Crippen molar-refractivity contribution in [3.63, 3.8) is 0 Å². The number of carbonyl (C=O) groups excluding carboxylic acids is 1. The molecule has 0 fully saturated rings. The first-order valence-corrected chi connectivity index (χ1v) is 5.93. The summed E-state index contributed by atoms with van der Waals surface area (Å²) in [4.78, 5) is 12.1. The molecule has 0 aromatic carbocycles. The second-order valence-corrected chi connectivity index (χ2v) is 5.08. The minimum Gasteiger partial charge on any atom is -0.351 e. The van der Waals surface area contributed by atoms with Gasteiger partial charge in [-0.3, -0.25) is 9.48 Å². The zero-order valence-electron chi connectivity index (χ0n) is 9.03. The lowest BCUT2D eigenvalue weighted by Crippen LogP contribution is -2.26. The third kappa shape index (κ3) is 4.03. The Labute approximate surface area is 98.2 Å². The van der Waals surface area contributed by atoms with Crippen molar-refractivity contribution in [3.8, 4) is 0 Å². The van der Waals surface area contributed by atoms with Gasteiger partial charge in [0.15, 0.2) is 0 Å². The number of aromatic nitrogens is 2. The Morgan fingerprint density at radius 2 is 2.47 bits per heavy atom. The monoisotopic (exact) mass is 273 g/mol. The van der Waals surface area contributed by atoms with Crippen LogP contribution in [-0.2, 0) is 7.05 Å². The van der Waals surface area contributed by atoms with Crippen molar-refractivity contribution < 1.29 is 4.79 Å². The van der Waals surface area contributed by atoms with Gasteiger partial charge in [0.1, 0.15) is 5.69 Å². The molecule has 0 spiro atoms. The lowest BCUT2D eigenvalue weighted by Gasteiger charge is -2.06. The van der Waals surface area contributed by atoms with Gasteiger partial charge in [-0.15, -0.1) is 0 Å². The van der Waals surface area contributed by atoms with Gasteiger partial charge >= 0.3 is 0 Å². The predicted octanol–water partition coefficient (Wildman–Crippen LogP) is 1.71. The summed E-state index contributed by atoms with van der Waals surface area (Å²) in [7, 11) is 1.76. The van der Waals surface area contributed by atoms with Gasteiger partial charge < -0.3 is 5.32 Å². The van der Waals surface area contributed by atoms with E-state index in [1.165, 1.54) is 0 Å². The first-order chi connectivity index (χ1) is 7.11. The van der Waals surface area contributed by atoms with E-state index in [-0.39, 0.29) is 5.91 Å². The summed E-state index contributed by atoms with van der Waals surface area (Å²) >= 11 is 3.47. The molecule has 4 nitrogen and oxygen atoms in total. The molecule has 1 aromatic rings. The van der Waals surface area contributed by atoms with Gasteiger partial charge in [-0.1, -0.05) is 22.9 Å². The molecule has 1 heterocycles. The van der Waals surface area contributed by atoms with E-state index in [1.807, 2.05) is 0 Å². The quantitative estimate of drug-likeness (QED) is 0.656. The van der Waals surface area contributed by atoms with E-state index in [4.69, 9.17) is 0 Å². The maximum atomic E-state index is 11.6. The molecule has 0 aliphatic rings. The van der Waals surface area contributed by atoms with Crippen LogP contribution in [0.15, 0.2) is 12.3 Å². The summed E-state index contributed by atoms with van der Waals surface area (Å²) in [5, 5.41) is 6.80. The van der Waals surface area contributed by atoms with Crippen LogP contribution in [-0.4, -0.2) is 27.1 Å². The van der Waals surface area contributed by atoms with Crippen molar-refractivity contribution in [2.24, 2.45) is 7.05 Å². The topological polar surface area (TPSA) is 46.9 Å². The molecule has 0 saturated heterocycles. The van der Waals surface area contributed by atoms with E-state index in [1.54, 1.807) is 24.0 Å². The van der Waals surface area contributed by atoms with Crippen LogP contribution in [0.25, 0.3) is 0 Å². The first kappa shape index (κ1) is 12.2. The summed E-state index contributed by atoms with van der Waals surface area (Å²) in [5.41, 5.74) is 0.599. The highest BCUT2D eigenvalue weighted by Gasteiger charge is 2.08. The standard InChI is InChI=1S/C10H16BrN3O/c1-8(11)4-3-6-12-10(15)9-5-7-13-14(9)2/h5,7-8H,3-4,6H2,1-2H3,(H,12,15). The summed E-state index contributed by atoms with van der Waals surface area (Å²) in [6, 6.07) is 1.71. The van der Waals surface area contributed by atoms with Crippen molar-refractivity contribution in [1.29, 1.82) is 0 Å². The number of alkyl halides is 1. The molecular weight excluding hydrogens is 258 g/mol. The third-order valence-corrected chi connectivity index (χ3v) is 2.58. The van der Waals surface area contributed by atoms with Crippen LogP contribution >= 0.6 is 15.9 Å². The number of amides is 1. The highest BCUT2D eigenvalue weighted by molar-refractivity contribution is 9.09. The van der Waals surface area contributed by atoms with E-state index >= 15 is 0 Å². The summed E-state index contributed by atoms with van der Waals surface area (Å²) < 4.78 is 1.57. The molecule has 1 amide bonds. The number of halogens is 1. The van der Waals surface area contributed by atoms with Gasteiger partial charge in [-0.2, -0.15) is 5.10 Å². The number of hydrogen-bond donors (Lipinski definition) is 1. The molecule has 1 rings (SSSR count). The van der Waals surface area contributed by atoms with Crippen LogP contribution in [0.1, 0.15) is 30.3 Å². The molecule has 1 unspecified atom stereocenters. The van der Waals surface area contributed by atoms with E-state index in [0.29, 0.717) is 17.1 Å². The Kier molecular flexibility index (Phi) is 4.81. The van der Waals surface area contributed by atoms with Crippen LogP contribution in [0, 0.1) is 0 Å². The SMILES string of the molecule is CC(Br)CCCNC(=O)c1ccnn1C. The predicted molar refractivity (Wildman–Crippen MR) is 63.2 cm³/mol. The lowest BCUT2D eigenvalue weighted by molar-refractivity contribution is 0.0943. The minimum atomic E-state index is -0.0581. The Bertz CT molecular complexity index is 322. The maximum absolute atomic E-state index is 11.6. The maximum Gasteiger partial charge on any atom is 0.269 e. The molecule has 0 aliphatic heterocycles. The average molecular weight is 274 g/mol. The first-order valence-electron chi connectivity index (χ1n) is 5.01. The van der Waals surface area contributed by atoms with Crippen molar-refractivity contribution in [3.05, 3.63) is 18.0 Å². The van der Waals surface area contributed by atoms with E-state index in [2.05, 4.69) is 33.3 Å². The molecule has 5 heteroatoms. The Balaban J connectivity index is 2.28. The largest absolute Gasteiger partial charge is 0.351 e. The second-order valence-electron chi connectivity index (χ2n) is 3.52.